The van der Waals surface area contributed by atoms with Gasteiger partial charge < -0.3 is 0 Å². The topological polar surface area (TPSA) is 0 Å². The van der Waals surface area contributed by atoms with Gasteiger partial charge in [0.15, 0.2) is 0 Å². The van der Waals surface area contributed by atoms with Crippen molar-refractivity contribution in [2.75, 3.05) is 0 Å². The quantitative estimate of drug-likeness (QED) is 0.162. The van der Waals surface area contributed by atoms with Gasteiger partial charge in [-0.2, -0.15) is 0 Å². The highest BCUT2D eigenvalue weighted by atomic mass is 35.5. The van der Waals surface area contributed by atoms with E-state index in [0.29, 0.717) is 0 Å². The second-order valence-corrected chi connectivity index (χ2v) is 10.0. The fraction of sp³-hybridized carbons (Fsp3) is 0. The second-order valence-electron chi connectivity index (χ2n) is 7.01. The van der Waals surface area contributed by atoms with Gasteiger partial charge in [0, 0.05) is 0 Å². The number of benzene rings is 2. The lowest BCUT2D eigenvalue weighted by Gasteiger charge is -2.01. The minimum Gasteiger partial charge on any atom is -0.0812 e. The van der Waals surface area contributed by atoms with Gasteiger partial charge in [0.1, 0.15) is 0 Å². The third-order valence-corrected chi connectivity index (χ3v) is 7.81. The Labute approximate surface area is 289 Å². The molecule has 6 rings (SSSR count). The molecule has 0 fully saturated rings. The van der Waals surface area contributed by atoms with Crippen molar-refractivity contribution in [3.05, 3.63) is 176 Å². The van der Waals surface area contributed by atoms with Gasteiger partial charge >= 0.3 is 0 Å². The Morgan fingerprint density at radius 3 is 0.432 bits per heavy atom. The number of hydrogen-bond donors (Lipinski definition) is 0. The molecule has 0 nitrogen and oxygen atoms in total. The van der Waals surface area contributed by atoms with Crippen molar-refractivity contribution in [1.29, 1.82) is 0 Å². The Balaban J connectivity index is 2.65. The maximum Gasteiger partial charge on any atom is 0.0778 e. The molecule has 0 radical (unpaired) electrons. The highest BCUT2D eigenvalue weighted by molar-refractivity contribution is 6.48. The van der Waals surface area contributed by atoms with Crippen molar-refractivity contribution in [1.82, 2.24) is 0 Å². The van der Waals surface area contributed by atoms with E-state index in [2.05, 4.69) is 138 Å². The SMILES string of the molecule is Clc1c(Cl)c2c(Cl)c(Cl)c1=C=C=C=C=C=C=C=C=C=C=C=C=c1c(Cl)c(Cl)c(c(Cl)c1Cl)=C=C=C=C=C=C=C=C=C=C=C=C=2. The molecule has 0 saturated heterocycles. The molecule has 2 aromatic rings. The van der Waals surface area contributed by atoms with Crippen LogP contribution in [0, 0.1) is 0 Å². The van der Waals surface area contributed by atoms with Gasteiger partial charge in [-0.1, -0.05) is 92.8 Å². The number of rotatable bonds is 0. The molecule has 0 aliphatic heterocycles. The van der Waals surface area contributed by atoms with E-state index < -0.39 is 0 Å². The summed E-state index contributed by atoms with van der Waals surface area (Å²) in [5.41, 5.74) is 61.2. The molecule has 0 amide bonds. The van der Waals surface area contributed by atoms with Crippen LogP contribution in [0.1, 0.15) is 0 Å². The molecule has 0 saturated carbocycles. The highest BCUT2D eigenvalue weighted by Gasteiger charge is 2.12. The molecule has 4 bridgehead atoms. The summed E-state index contributed by atoms with van der Waals surface area (Å²) in [4.78, 5) is 0. The lowest BCUT2D eigenvalue weighted by molar-refractivity contribution is 1.55. The van der Waals surface area contributed by atoms with Gasteiger partial charge in [-0.25, -0.2) is 0 Å². The zero-order valence-corrected chi connectivity index (χ0v) is 27.1. The zero-order valence-electron chi connectivity index (χ0n) is 21.0. The Hall–Kier alpha value is -4.52. The minimum absolute atomic E-state index is 0.0470. The molecule has 44 heavy (non-hydrogen) atoms. The summed E-state index contributed by atoms with van der Waals surface area (Å²) in [6.45, 7) is 0. The lowest BCUT2D eigenvalue weighted by Crippen LogP contribution is -2.14. The van der Waals surface area contributed by atoms with Crippen molar-refractivity contribution >= 4 is 116 Å². The number of halogens is 8. The first kappa shape index (κ1) is 34.0. The summed E-state index contributed by atoms with van der Waals surface area (Å²) in [6.07, 6.45) is 0. The summed E-state index contributed by atoms with van der Waals surface area (Å²) in [5, 5.41) is 1.06. The first-order valence-electron chi connectivity index (χ1n) is 11.0. The molecule has 4 aliphatic rings. The Morgan fingerprint density at radius 2 is 0.295 bits per heavy atom. The van der Waals surface area contributed by atoms with Crippen molar-refractivity contribution in [3.8, 4) is 0 Å². The van der Waals surface area contributed by atoms with E-state index in [0.717, 1.165) is 0 Å². The van der Waals surface area contributed by atoms with Crippen molar-refractivity contribution < 1.29 is 0 Å². The van der Waals surface area contributed by atoms with Crippen LogP contribution in [0.15, 0.2) is 115 Å². The molecule has 8 heteroatoms. The first-order valence-corrected chi connectivity index (χ1v) is 14.0. The van der Waals surface area contributed by atoms with Crippen LogP contribution in [0.3, 0.4) is 0 Å². The second kappa shape index (κ2) is 17.6. The molecule has 0 N–H and O–H groups in total. The monoisotopic (exact) mass is 712 g/mol. The van der Waals surface area contributed by atoms with Gasteiger partial charge in [-0.05, 0) is 138 Å². The van der Waals surface area contributed by atoms with E-state index in [4.69, 9.17) is 92.8 Å². The Bertz CT molecular complexity index is 2380. The van der Waals surface area contributed by atoms with Crippen LogP contribution in [-0.4, -0.2) is 0 Å². The van der Waals surface area contributed by atoms with E-state index in [9.17, 15) is 0 Å². The summed E-state index contributed by atoms with van der Waals surface area (Å²) in [6, 6.07) is 0. The number of hydrogen-bond acceptors (Lipinski definition) is 0. The third-order valence-electron chi connectivity index (χ3n) is 4.40. The fourth-order valence-corrected chi connectivity index (χ4v) is 4.66. The molecule has 0 unspecified atom stereocenters. The molecule has 200 valence electrons. The average molecular weight is 716 g/mol. The predicted octanol–water partition coefficient (Wildman–Crippen LogP) is 8.36. The zero-order chi connectivity index (χ0) is 31.9. The van der Waals surface area contributed by atoms with E-state index in [1.165, 1.54) is 0 Å². The normalized spacial score (nSPS) is 9.82. The highest BCUT2D eigenvalue weighted by Crippen LogP contribution is 2.23. The largest absolute Gasteiger partial charge is 0.0812 e. The van der Waals surface area contributed by atoms with Crippen LogP contribution < -0.4 is 20.9 Å². The molecule has 0 spiro atoms. The van der Waals surface area contributed by atoms with Crippen LogP contribution >= 0.6 is 92.8 Å². The van der Waals surface area contributed by atoms with Crippen molar-refractivity contribution in [2.24, 2.45) is 0 Å². The van der Waals surface area contributed by atoms with E-state index in [1.807, 2.05) is 0 Å². The van der Waals surface area contributed by atoms with E-state index >= 15 is 0 Å². The fourth-order valence-electron chi connectivity index (χ4n) is 2.58. The van der Waals surface area contributed by atoms with Gasteiger partial charge in [0.05, 0.1) is 61.1 Å². The van der Waals surface area contributed by atoms with Crippen molar-refractivity contribution in [2.45, 2.75) is 0 Å². The van der Waals surface area contributed by atoms with E-state index in [-0.39, 0.29) is 61.1 Å². The maximum absolute atomic E-state index is 6.33. The standard InChI is InChI=1S/C36Cl8/c37-29-25-21-17-13-9-5-1-2-6-10-14-18-22-26-31(39)35(43)28(36(44)32(26)40)24-20-16-12-8-4-3-7-11-15-19-23-27(33(29)41)34(42)30(25)38. The first-order chi connectivity index (χ1) is 21.3. The van der Waals surface area contributed by atoms with Gasteiger partial charge in [0.2, 0.25) is 0 Å². The molecular weight excluding hydrogens is 716 g/mol. The van der Waals surface area contributed by atoms with Crippen LogP contribution in [0.4, 0.5) is 0 Å². The van der Waals surface area contributed by atoms with Crippen LogP contribution in [-0.2, 0) is 0 Å². The molecule has 0 aromatic heterocycles. The molecule has 2 aromatic carbocycles. The minimum atomic E-state index is 0.0470. The lowest BCUT2D eigenvalue weighted by atomic mass is 10.2. The van der Waals surface area contributed by atoms with Gasteiger partial charge in [0.25, 0.3) is 0 Å². The Kier molecular flexibility index (Phi) is 13.6. The predicted molar refractivity (Wildman–Crippen MR) is 175 cm³/mol. The summed E-state index contributed by atoms with van der Waals surface area (Å²) in [5.74, 6) is 0. The molecular formula is C36Cl8. The van der Waals surface area contributed by atoms with Crippen LogP contribution in [0.2, 0.25) is 40.2 Å². The average Bonchev–Trinajstić information content (AvgIpc) is 3.01. The van der Waals surface area contributed by atoms with Crippen LogP contribution in [0.25, 0.3) is 22.9 Å². The summed E-state index contributed by atoms with van der Waals surface area (Å²) in [7, 11) is 0. The Morgan fingerprint density at radius 1 is 0.182 bits per heavy atom. The molecule has 0 atom stereocenters. The smallest absolute Gasteiger partial charge is 0.0778 e. The van der Waals surface area contributed by atoms with Gasteiger partial charge in [-0.3, -0.25) is 0 Å². The summed E-state index contributed by atoms with van der Waals surface area (Å²) < 4.78 is 0. The van der Waals surface area contributed by atoms with Crippen molar-refractivity contribution in [3.63, 3.8) is 0 Å². The third kappa shape index (κ3) is 9.24. The maximum atomic E-state index is 6.33. The van der Waals surface area contributed by atoms with E-state index in [1.54, 1.807) is 0 Å². The molecule has 4 aliphatic carbocycles. The molecule has 0 heterocycles. The van der Waals surface area contributed by atoms with Crippen LogP contribution in [0.5, 0.6) is 0 Å². The van der Waals surface area contributed by atoms with Gasteiger partial charge in [-0.15, -0.1) is 0 Å². The summed E-state index contributed by atoms with van der Waals surface area (Å²) >= 11 is 50.6.